The lowest BCUT2D eigenvalue weighted by Crippen LogP contribution is -2.37. The Morgan fingerprint density at radius 2 is 1.91 bits per heavy atom. The van der Waals surface area contributed by atoms with Gasteiger partial charge in [0.25, 0.3) is 0 Å². The summed E-state index contributed by atoms with van der Waals surface area (Å²) in [5.74, 6) is 0.790. The van der Waals surface area contributed by atoms with E-state index in [9.17, 15) is 0 Å². The molecule has 0 aliphatic carbocycles. The third-order valence-electron chi connectivity index (χ3n) is 6.40. The molecule has 1 aliphatic heterocycles. The molecule has 5 heteroatoms. The van der Waals surface area contributed by atoms with Gasteiger partial charge in [-0.1, -0.05) is 66.7 Å². The Kier molecular flexibility index (Phi) is 5.99. The monoisotopic (exact) mass is 424 g/mol. The first-order valence-corrected chi connectivity index (χ1v) is 11.2. The van der Waals surface area contributed by atoms with Gasteiger partial charge in [0.05, 0.1) is 17.6 Å². The van der Waals surface area contributed by atoms with Crippen LogP contribution >= 0.6 is 0 Å². The SMILES string of the molecule is C[C@H](CN[C@H](c1ccccc1)[C@H]1CNc2cccnc2C1)c1cccc(-c2cnoc2)c1. The van der Waals surface area contributed by atoms with Crippen molar-refractivity contribution in [1.29, 1.82) is 0 Å². The predicted octanol–water partition coefficient (Wildman–Crippen LogP) is 5.46. The van der Waals surface area contributed by atoms with Gasteiger partial charge in [-0.25, -0.2) is 0 Å². The van der Waals surface area contributed by atoms with Crippen molar-refractivity contribution in [2.45, 2.75) is 25.3 Å². The van der Waals surface area contributed by atoms with Crippen LogP contribution in [0.15, 0.2) is 89.9 Å². The zero-order chi connectivity index (χ0) is 21.8. The fourth-order valence-corrected chi connectivity index (χ4v) is 4.57. The fraction of sp³-hybridized carbons (Fsp3) is 0.259. The van der Waals surface area contributed by atoms with Crippen molar-refractivity contribution in [3.63, 3.8) is 0 Å². The third kappa shape index (κ3) is 4.43. The van der Waals surface area contributed by atoms with Crippen LogP contribution in [0.2, 0.25) is 0 Å². The number of hydrogen-bond acceptors (Lipinski definition) is 5. The second-order valence-corrected chi connectivity index (χ2v) is 8.58. The Morgan fingerprint density at radius 3 is 2.75 bits per heavy atom. The van der Waals surface area contributed by atoms with E-state index in [1.54, 1.807) is 12.5 Å². The largest absolute Gasteiger partial charge is 0.383 e. The van der Waals surface area contributed by atoms with Gasteiger partial charge in [-0.3, -0.25) is 4.98 Å². The number of pyridine rings is 1. The number of nitrogens with one attached hydrogen (secondary N) is 2. The molecule has 0 radical (unpaired) electrons. The molecule has 2 N–H and O–H groups in total. The summed E-state index contributed by atoms with van der Waals surface area (Å²) in [4.78, 5) is 4.62. The highest BCUT2D eigenvalue weighted by molar-refractivity contribution is 5.62. The lowest BCUT2D eigenvalue weighted by Gasteiger charge is -2.33. The topological polar surface area (TPSA) is 63.0 Å². The van der Waals surface area contributed by atoms with Gasteiger partial charge >= 0.3 is 0 Å². The van der Waals surface area contributed by atoms with Gasteiger partial charge in [0, 0.05) is 36.8 Å². The maximum atomic E-state index is 5.02. The molecule has 0 unspecified atom stereocenters. The molecule has 4 aromatic rings. The van der Waals surface area contributed by atoms with Crippen molar-refractivity contribution < 1.29 is 4.52 Å². The van der Waals surface area contributed by atoms with E-state index in [0.717, 1.165) is 42.0 Å². The maximum absolute atomic E-state index is 5.02. The van der Waals surface area contributed by atoms with Crippen LogP contribution in [-0.4, -0.2) is 23.2 Å². The molecule has 2 aromatic carbocycles. The van der Waals surface area contributed by atoms with E-state index in [-0.39, 0.29) is 6.04 Å². The summed E-state index contributed by atoms with van der Waals surface area (Å²) in [6.45, 7) is 4.10. The lowest BCUT2D eigenvalue weighted by molar-refractivity contribution is 0.357. The number of rotatable bonds is 7. The van der Waals surface area contributed by atoms with Crippen LogP contribution in [-0.2, 0) is 6.42 Å². The van der Waals surface area contributed by atoms with Gasteiger partial charge in [-0.2, -0.15) is 0 Å². The first kappa shape index (κ1) is 20.5. The number of anilines is 1. The molecule has 2 aromatic heterocycles. The number of fused-ring (bicyclic) bond motifs is 1. The van der Waals surface area contributed by atoms with Gasteiger partial charge in [0.2, 0.25) is 0 Å². The van der Waals surface area contributed by atoms with E-state index in [2.05, 4.69) is 88.4 Å². The van der Waals surface area contributed by atoms with E-state index in [1.165, 1.54) is 11.1 Å². The second-order valence-electron chi connectivity index (χ2n) is 8.58. The molecule has 1 aliphatic rings. The highest BCUT2D eigenvalue weighted by atomic mass is 16.5. The van der Waals surface area contributed by atoms with E-state index < -0.39 is 0 Å². The molecule has 3 heterocycles. The van der Waals surface area contributed by atoms with Gasteiger partial charge in [0.15, 0.2) is 0 Å². The Bertz CT molecular complexity index is 1140. The second kappa shape index (κ2) is 9.37. The number of benzene rings is 2. The van der Waals surface area contributed by atoms with Crippen LogP contribution in [0, 0.1) is 5.92 Å². The quantitative estimate of drug-likeness (QED) is 0.413. The molecule has 0 bridgehead atoms. The average Bonchev–Trinajstić information content (AvgIpc) is 3.40. The summed E-state index contributed by atoms with van der Waals surface area (Å²) in [5.41, 5.74) is 7.08. The Morgan fingerprint density at radius 1 is 1.03 bits per heavy atom. The molecule has 5 rings (SSSR count). The molecule has 0 fully saturated rings. The highest BCUT2D eigenvalue weighted by Gasteiger charge is 2.28. The van der Waals surface area contributed by atoms with Gasteiger partial charge in [-0.15, -0.1) is 0 Å². The summed E-state index contributed by atoms with van der Waals surface area (Å²) >= 11 is 0. The van der Waals surface area contributed by atoms with Gasteiger partial charge in [-0.05, 0) is 41.2 Å². The number of hydrogen-bond donors (Lipinski definition) is 2. The zero-order valence-electron chi connectivity index (χ0n) is 18.2. The van der Waals surface area contributed by atoms with Gasteiger partial charge < -0.3 is 15.2 Å². The van der Waals surface area contributed by atoms with Gasteiger partial charge in [0.1, 0.15) is 6.26 Å². The van der Waals surface area contributed by atoms with Crippen molar-refractivity contribution in [1.82, 2.24) is 15.5 Å². The van der Waals surface area contributed by atoms with Crippen molar-refractivity contribution in [2.75, 3.05) is 18.4 Å². The molecule has 162 valence electrons. The minimum atomic E-state index is 0.252. The van der Waals surface area contributed by atoms with Crippen molar-refractivity contribution >= 4 is 5.69 Å². The Labute approximate surface area is 188 Å². The molecule has 32 heavy (non-hydrogen) atoms. The van der Waals surface area contributed by atoms with Crippen molar-refractivity contribution in [3.8, 4) is 11.1 Å². The highest BCUT2D eigenvalue weighted by Crippen LogP contribution is 2.32. The standard InChI is InChI=1S/C27H28N4O/c1-19(21-9-5-10-22(13-21)24-17-31-32-18-24)15-30-27(20-7-3-2-4-8-20)23-14-26-25(29-16-23)11-6-12-28-26/h2-13,17-19,23,27,29-30H,14-16H2,1H3/t19-,23-,27-/m1/s1. The van der Waals surface area contributed by atoms with Crippen LogP contribution in [0.25, 0.3) is 11.1 Å². The van der Waals surface area contributed by atoms with Crippen LogP contribution in [0.5, 0.6) is 0 Å². The number of nitrogens with zero attached hydrogens (tertiary/aromatic N) is 2. The zero-order valence-corrected chi connectivity index (χ0v) is 18.2. The van der Waals surface area contributed by atoms with Crippen molar-refractivity contribution in [2.24, 2.45) is 5.92 Å². The normalized spacial score (nSPS) is 17.2. The van der Waals surface area contributed by atoms with Crippen LogP contribution in [0.4, 0.5) is 5.69 Å². The van der Waals surface area contributed by atoms with Crippen LogP contribution in [0.1, 0.15) is 35.7 Å². The summed E-state index contributed by atoms with van der Waals surface area (Å²) < 4.78 is 5.02. The minimum absolute atomic E-state index is 0.252. The third-order valence-corrected chi connectivity index (χ3v) is 6.40. The smallest absolute Gasteiger partial charge is 0.131 e. The average molecular weight is 425 g/mol. The summed E-state index contributed by atoms with van der Waals surface area (Å²) in [7, 11) is 0. The number of aromatic nitrogens is 2. The van der Waals surface area contributed by atoms with Crippen molar-refractivity contribution in [3.05, 3.63) is 102 Å². The first-order chi connectivity index (χ1) is 15.8. The molecule has 3 atom stereocenters. The van der Waals surface area contributed by atoms with E-state index in [0.29, 0.717) is 11.8 Å². The minimum Gasteiger partial charge on any atom is -0.383 e. The van der Waals surface area contributed by atoms with E-state index in [1.807, 2.05) is 12.3 Å². The molecule has 0 spiro atoms. The van der Waals surface area contributed by atoms with E-state index in [4.69, 9.17) is 4.52 Å². The molecule has 0 saturated heterocycles. The predicted molar refractivity (Wildman–Crippen MR) is 127 cm³/mol. The molecule has 0 amide bonds. The molecule has 5 nitrogen and oxygen atoms in total. The molecular weight excluding hydrogens is 396 g/mol. The van der Waals surface area contributed by atoms with Crippen LogP contribution < -0.4 is 10.6 Å². The lowest BCUT2D eigenvalue weighted by atomic mass is 9.86. The molecular formula is C27H28N4O. The summed E-state index contributed by atoms with van der Waals surface area (Å²) in [6, 6.07) is 23.8. The first-order valence-electron chi connectivity index (χ1n) is 11.2. The maximum Gasteiger partial charge on any atom is 0.131 e. The Balaban J connectivity index is 1.33. The molecule has 0 saturated carbocycles. The summed E-state index contributed by atoms with van der Waals surface area (Å²) in [6.07, 6.45) is 6.30. The van der Waals surface area contributed by atoms with E-state index >= 15 is 0 Å². The summed E-state index contributed by atoms with van der Waals surface area (Å²) in [5, 5.41) is 11.3. The van der Waals surface area contributed by atoms with Crippen LogP contribution in [0.3, 0.4) is 0 Å². The fourth-order valence-electron chi connectivity index (χ4n) is 4.57. The Hall–Kier alpha value is -3.44.